The molecule has 0 bridgehead atoms. The molecule has 0 aliphatic rings. The van der Waals surface area contributed by atoms with Crippen LogP contribution < -0.4 is 4.74 Å². The molecule has 0 aromatic heterocycles. The van der Waals surface area contributed by atoms with Crippen molar-refractivity contribution in [3.8, 4) is 11.8 Å². The molecule has 0 spiro atoms. The van der Waals surface area contributed by atoms with Gasteiger partial charge in [0.25, 0.3) is 0 Å². The Balaban J connectivity index is 2.26. The van der Waals surface area contributed by atoms with Gasteiger partial charge in [0.2, 0.25) is 0 Å². The second-order valence-electron chi connectivity index (χ2n) is 4.68. The van der Waals surface area contributed by atoms with Crippen LogP contribution in [0.25, 0.3) is 0 Å². The highest BCUT2D eigenvalue weighted by atomic mass is 16.5. The molecule has 106 valence electrons. The average molecular weight is 281 g/mol. The van der Waals surface area contributed by atoms with Crippen LogP contribution in [0.3, 0.4) is 0 Å². The first kappa shape index (κ1) is 14.6. The molecule has 0 amide bonds. The molecule has 4 heteroatoms. The van der Waals surface area contributed by atoms with Crippen LogP contribution in [0.2, 0.25) is 0 Å². The van der Waals surface area contributed by atoms with Gasteiger partial charge < -0.3 is 9.84 Å². The third-order valence-electron chi connectivity index (χ3n) is 3.32. The fraction of sp³-hybridized carbons (Fsp3) is 0.176. The first-order valence-corrected chi connectivity index (χ1v) is 6.50. The smallest absolute Gasteiger partial charge is 0.311 e. The number of hydrogen-bond donors (Lipinski definition) is 1. The molecule has 0 aliphatic heterocycles. The summed E-state index contributed by atoms with van der Waals surface area (Å²) >= 11 is 0. The van der Waals surface area contributed by atoms with Gasteiger partial charge in [-0.05, 0) is 41.8 Å². The number of ether oxygens (including phenoxy) is 1. The molecule has 21 heavy (non-hydrogen) atoms. The Morgan fingerprint density at radius 3 is 2.57 bits per heavy atom. The molecular weight excluding hydrogens is 266 g/mol. The van der Waals surface area contributed by atoms with Gasteiger partial charge in [0, 0.05) is 0 Å². The third kappa shape index (κ3) is 3.61. The van der Waals surface area contributed by atoms with E-state index in [2.05, 4.69) is 0 Å². The predicted molar refractivity (Wildman–Crippen MR) is 78.2 cm³/mol. The summed E-state index contributed by atoms with van der Waals surface area (Å²) in [7, 11) is 1.55. The number of methoxy groups -OCH3 is 1. The maximum Gasteiger partial charge on any atom is 0.311 e. The zero-order valence-corrected chi connectivity index (χ0v) is 11.6. The molecule has 0 saturated heterocycles. The van der Waals surface area contributed by atoms with Crippen LogP contribution in [0.15, 0.2) is 48.5 Å². The minimum atomic E-state index is -0.882. The number of carboxylic acids is 1. The maximum absolute atomic E-state index is 11.5. The van der Waals surface area contributed by atoms with Gasteiger partial charge in [0.15, 0.2) is 0 Å². The van der Waals surface area contributed by atoms with Crippen molar-refractivity contribution in [2.45, 2.75) is 12.3 Å². The largest absolute Gasteiger partial charge is 0.497 e. The Labute approximate surface area is 123 Å². The van der Waals surface area contributed by atoms with Crippen molar-refractivity contribution < 1.29 is 14.6 Å². The number of rotatable bonds is 5. The first-order valence-electron chi connectivity index (χ1n) is 6.50. The molecule has 1 unspecified atom stereocenters. The first-order chi connectivity index (χ1) is 10.1. The molecule has 2 aromatic rings. The summed E-state index contributed by atoms with van der Waals surface area (Å²) < 4.78 is 5.14. The van der Waals surface area contributed by atoms with Crippen molar-refractivity contribution >= 4 is 5.97 Å². The van der Waals surface area contributed by atoms with E-state index in [1.54, 1.807) is 55.6 Å². The van der Waals surface area contributed by atoms with E-state index in [1.165, 1.54) is 0 Å². The van der Waals surface area contributed by atoms with Crippen LogP contribution in [0.5, 0.6) is 5.75 Å². The van der Waals surface area contributed by atoms with E-state index in [0.29, 0.717) is 23.3 Å². The summed E-state index contributed by atoms with van der Waals surface area (Å²) in [5, 5.41) is 18.2. The highest BCUT2D eigenvalue weighted by molar-refractivity contribution is 5.76. The fourth-order valence-electron chi connectivity index (χ4n) is 2.16. The van der Waals surface area contributed by atoms with Crippen LogP contribution >= 0.6 is 0 Å². The Morgan fingerprint density at radius 1 is 1.29 bits per heavy atom. The van der Waals surface area contributed by atoms with Gasteiger partial charge in [-0.15, -0.1) is 0 Å². The molecule has 0 aliphatic carbocycles. The summed E-state index contributed by atoms with van der Waals surface area (Å²) in [5.41, 5.74) is 2.14. The van der Waals surface area contributed by atoms with E-state index in [-0.39, 0.29) is 0 Å². The number of benzene rings is 2. The molecular formula is C17H15NO3. The number of hydrogen-bond acceptors (Lipinski definition) is 3. The predicted octanol–water partition coefficient (Wildman–Crippen LogP) is 2.98. The van der Waals surface area contributed by atoms with Gasteiger partial charge in [0.05, 0.1) is 24.7 Å². The highest BCUT2D eigenvalue weighted by Crippen LogP contribution is 2.25. The van der Waals surface area contributed by atoms with Crippen molar-refractivity contribution in [2.24, 2.45) is 0 Å². The Bertz CT molecular complexity index is 671. The van der Waals surface area contributed by atoms with Gasteiger partial charge in [0.1, 0.15) is 5.75 Å². The number of nitrogens with zero attached hydrogens (tertiary/aromatic N) is 1. The van der Waals surface area contributed by atoms with Crippen LogP contribution in [0, 0.1) is 11.3 Å². The second kappa shape index (κ2) is 6.58. The van der Waals surface area contributed by atoms with Crippen molar-refractivity contribution in [1.29, 1.82) is 5.26 Å². The SMILES string of the molecule is COc1cccc(C(Cc2ccc(C#N)cc2)C(=O)O)c1. The van der Waals surface area contributed by atoms with Gasteiger partial charge in [-0.25, -0.2) is 0 Å². The molecule has 4 nitrogen and oxygen atoms in total. The molecule has 1 atom stereocenters. The molecule has 0 heterocycles. The number of carbonyl (C=O) groups is 1. The van der Waals surface area contributed by atoms with Gasteiger partial charge in [-0.2, -0.15) is 5.26 Å². The number of nitriles is 1. The number of carboxylic acid groups (broad SMARTS) is 1. The van der Waals surface area contributed by atoms with Crippen molar-refractivity contribution in [2.75, 3.05) is 7.11 Å². The summed E-state index contributed by atoms with van der Waals surface area (Å²) in [5.74, 6) is -0.890. The van der Waals surface area contributed by atoms with E-state index in [4.69, 9.17) is 10.00 Å². The lowest BCUT2D eigenvalue weighted by atomic mass is 9.91. The van der Waals surface area contributed by atoms with Crippen LogP contribution in [0.1, 0.15) is 22.6 Å². The van der Waals surface area contributed by atoms with E-state index >= 15 is 0 Å². The molecule has 2 rings (SSSR count). The minimum absolute atomic E-state index is 0.369. The Hall–Kier alpha value is -2.80. The van der Waals surface area contributed by atoms with E-state index in [9.17, 15) is 9.90 Å². The van der Waals surface area contributed by atoms with E-state index in [1.807, 2.05) is 6.07 Å². The fourth-order valence-corrected chi connectivity index (χ4v) is 2.16. The average Bonchev–Trinajstić information content (AvgIpc) is 2.53. The van der Waals surface area contributed by atoms with Gasteiger partial charge in [-0.1, -0.05) is 24.3 Å². The summed E-state index contributed by atoms with van der Waals surface area (Å²) in [6.45, 7) is 0. The highest BCUT2D eigenvalue weighted by Gasteiger charge is 2.20. The van der Waals surface area contributed by atoms with E-state index < -0.39 is 11.9 Å². The van der Waals surface area contributed by atoms with Crippen LogP contribution in [-0.4, -0.2) is 18.2 Å². The van der Waals surface area contributed by atoms with Crippen molar-refractivity contribution in [3.05, 3.63) is 65.2 Å². The summed E-state index contributed by atoms with van der Waals surface area (Å²) in [4.78, 5) is 11.5. The standard InChI is InChI=1S/C17H15NO3/c1-21-15-4-2-3-14(10-15)16(17(19)20)9-12-5-7-13(11-18)8-6-12/h2-8,10,16H,9H2,1H3,(H,19,20). The van der Waals surface area contributed by atoms with Gasteiger partial charge >= 0.3 is 5.97 Å². The lowest BCUT2D eigenvalue weighted by Gasteiger charge is -2.14. The summed E-state index contributed by atoms with van der Waals surface area (Å²) in [6.07, 6.45) is 0.369. The molecule has 2 aromatic carbocycles. The second-order valence-corrected chi connectivity index (χ2v) is 4.68. The molecule has 0 saturated carbocycles. The van der Waals surface area contributed by atoms with Crippen molar-refractivity contribution in [3.63, 3.8) is 0 Å². The monoisotopic (exact) mass is 281 g/mol. The molecule has 0 radical (unpaired) electrons. The van der Waals surface area contributed by atoms with Crippen molar-refractivity contribution in [1.82, 2.24) is 0 Å². The third-order valence-corrected chi connectivity index (χ3v) is 3.32. The topological polar surface area (TPSA) is 70.3 Å². The zero-order chi connectivity index (χ0) is 15.2. The normalized spacial score (nSPS) is 11.4. The van der Waals surface area contributed by atoms with E-state index in [0.717, 1.165) is 5.56 Å². The van der Waals surface area contributed by atoms with Gasteiger partial charge in [-0.3, -0.25) is 4.79 Å². The van der Waals surface area contributed by atoms with Crippen LogP contribution in [0.4, 0.5) is 0 Å². The van der Waals surface area contributed by atoms with Crippen LogP contribution in [-0.2, 0) is 11.2 Å². The zero-order valence-electron chi connectivity index (χ0n) is 11.6. The Kier molecular flexibility index (Phi) is 4.57. The molecule has 0 fully saturated rings. The molecule has 1 N–H and O–H groups in total. The lowest BCUT2D eigenvalue weighted by molar-refractivity contribution is -0.138. The summed E-state index contributed by atoms with van der Waals surface area (Å²) in [6, 6.07) is 16.1. The Morgan fingerprint density at radius 2 is 2.00 bits per heavy atom. The number of aliphatic carboxylic acids is 1. The maximum atomic E-state index is 11.5. The minimum Gasteiger partial charge on any atom is -0.497 e. The quantitative estimate of drug-likeness (QED) is 0.914. The lowest BCUT2D eigenvalue weighted by Crippen LogP contribution is -2.14.